The summed E-state index contributed by atoms with van der Waals surface area (Å²) in [5.74, 6) is -0.743. The Hall–Kier alpha value is -1.57. The number of aryl methyl sites for hydroxylation is 1. The van der Waals surface area contributed by atoms with E-state index in [2.05, 4.69) is 4.90 Å². The maximum Gasteiger partial charge on any atom is 0.417 e. The molecule has 8 heteroatoms. The van der Waals surface area contributed by atoms with Crippen molar-refractivity contribution in [1.29, 1.82) is 0 Å². The second-order valence-electron chi connectivity index (χ2n) is 8.04. The van der Waals surface area contributed by atoms with Crippen molar-refractivity contribution in [3.63, 3.8) is 0 Å². The predicted molar refractivity (Wildman–Crippen MR) is 96.7 cm³/mol. The lowest BCUT2D eigenvalue weighted by Gasteiger charge is -2.29. The Labute approximate surface area is 166 Å². The molecule has 0 radical (unpaired) electrons. The molecule has 0 amide bonds. The maximum absolute atomic E-state index is 13.6. The van der Waals surface area contributed by atoms with E-state index in [1.807, 2.05) is 0 Å². The first-order chi connectivity index (χ1) is 13.5. The molecule has 162 valence electrons. The van der Waals surface area contributed by atoms with Crippen LogP contribution in [-0.4, -0.2) is 29.8 Å². The van der Waals surface area contributed by atoms with Crippen LogP contribution in [0.1, 0.15) is 72.5 Å². The standard InChI is InChI=1S/C21H25F6NO/c1-2-13-10-15(20(22,23)24)12-16(21(25,26)27)19(13)18(29)11-14-6-5-7-17(14)28-8-3-4-9-28/h10,12,14,17H,2-9,11H2,1H3/t14-,17-/m0/s1. The van der Waals surface area contributed by atoms with E-state index < -0.39 is 34.8 Å². The Morgan fingerprint density at radius 1 is 1.00 bits per heavy atom. The van der Waals surface area contributed by atoms with Gasteiger partial charge in [-0.2, -0.15) is 26.3 Å². The van der Waals surface area contributed by atoms with E-state index in [1.54, 1.807) is 0 Å². The zero-order chi connectivity index (χ0) is 21.4. The van der Waals surface area contributed by atoms with Crippen LogP contribution < -0.4 is 0 Å². The molecule has 1 saturated heterocycles. The van der Waals surface area contributed by atoms with Gasteiger partial charge in [-0.05, 0) is 68.8 Å². The van der Waals surface area contributed by atoms with Gasteiger partial charge in [0, 0.05) is 18.0 Å². The quantitative estimate of drug-likeness (QED) is 0.421. The zero-order valence-electron chi connectivity index (χ0n) is 16.3. The SMILES string of the molecule is CCc1cc(C(F)(F)F)cc(C(F)(F)F)c1C(=O)C[C@@H]1CCC[C@@H]1N1CCCC1. The van der Waals surface area contributed by atoms with Gasteiger partial charge in [0.05, 0.1) is 11.1 Å². The van der Waals surface area contributed by atoms with Crippen LogP contribution in [0.15, 0.2) is 12.1 Å². The molecule has 1 aliphatic carbocycles. The predicted octanol–water partition coefficient (Wildman–Crippen LogP) is 6.12. The smallest absolute Gasteiger partial charge is 0.300 e. The van der Waals surface area contributed by atoms with E-state index in [-0.39, 0.29) is 36.4 Å². The average molecular weight is 421 g/mol. The number of likely N-dealkylation sites (tertiary alicyclic amines) is 1. The topological polar surface area (TPSA) is 20.3 Å². The van der Waals surface area contributed by atoms with Gasteiger partial charge in [-0.1, -0.05) is 13.3 Å². The van der Waals surface area contributed by atoms with Crippen LogP contribution in [0, 0.1) is 5.92 Å². The molecule has 2 nitrogen and oxygen atoms in total. The summed E-state index contributed by atoms with van der Waals surface area (Å²) >= 11 is 0. The van der Waals surface area contributed by atoms with Crippen LogP contribution in [0.2, 0.25) is 0 Å². The first-order valence-electron chi connectivity index (χ1n) is 10.1. The molecule has 2 fully saturated rings. The molecule has 0 spiro atoms. The van der Waals surface area contributed by atoms with Crippen molar-refractivity contribution < 1.29 is 31.1 Å². The minimum Gasteiger partial charge on any atom is -0.300 e. The first kappa shape index (κ1) is 22.1. The Bertz CT molecular complexity index is 749. The van der Waals surface area contributed by atoms with Gasteiger partial charge in [-0.3, -0.25) is 4.79 Å². The largest absolute Gasteiger partial charge is 0.417 e. The number of benzene rings is 1. The fourth-order valence-corrected chi connectivity index (χ4v) is 4.85. The number of Topliss-reactive ketones (excluding diaryl/α,β-unsaturated/α-hetero) is 1. The van der Waals surface area contributed by atoms with E-state index in [4.69, 9.17) is 0 Å². The third kappa shape index (κ3) is 4.78. The Kier molecular flexibility index (Phi) is 6.32. The zero-order valence-corrected chi connectivity index (χ0v) is 16.3. The lowest BCUT2D eigenvalue weighted by Crippen LogP contribution is -2.36. The molecule has 3 rings (SSSR count). The maximum atomic E-state index is 13.6. The Morgan fingerprint density at radius 3 is 2.21 bits per heavy atom. The van der Waals surface area contributed by atoms with E-state index in [0.717, 1.165) is 45.2 Å². The van der Waals surface area contributed by atoms with Gasteiger partial charge in [0.2, 0.25) is 0 Å². The van der Waals surface area contributed by atoms with Crippen molar-refractivity contribution in [2.45, 2.75) is 70.3 Å². The van der Waals surface area contributed by atoms with Crippen LogP contribution in [-0.2, 0) is 18.8 Å². The number of nitrogens with zero attached hydrogens (tertiary/aromatic N) is 1. The van der Waals surface area contributed by atoms with Crippen molar-refractivity contribution >= 4 is 5.78 Å². The van der Waals surface area contributed by atoms with Crippen molar-refractivity contribution in [1.82, 2.24) is 4.90 Å². The monoisotopic (exact) mass is 421 g/mol. The summed E-state index contributed by atoms with van der Waals surface area (Å²) in [7, 11) is 0. The molecule has 1 aromatic carbocycles. The number of rotatable bonds is 5. The van der Waals surface area contributed by atoms with Crippen molar-refractivity contribution in [3.05, 3.63) is 34.4 Å². The van der Waals surface area contributed by atoms with Crippen molar-refractivity contribution in [2.24, 2.45) is 5.92 Å². The lowest BCUT2D eigenvalue weighted by molar-refractivity contribution is -0.143. The van der Waals surface area contributed by atoms with E-state index in [0.29, 0.717) is 6.07 Å². The van der Waals surface area contributed by atoms with Crippen LogP contribution in [0.4, 0.5) is 26.3 Å². The highest BCUT2D eigenvalue weighted by Crippen LogP contribution is 2.41. The summed E-state index contributed by atoms with van der Waals surface area (Å²) in [6.45, 7) is 3.34. The summed E-state index contributed by atoms with van der Waals surface area (Å²) in [5, 5.41) is 0. The number of hydrogen-bond donors (Lipinski definition) is 0. The molecule has 2 aliphatic rings. The molecule has 1 aromatic rings. The van der Waals surface area contributed by atoms with Gasteiger partial charge in [0.25, 0.3) is 0 Å². The molecule has 29 heavy (non-hydrogen) atoms. The highest BCUT2D eigenvalue weighted by atomic mass is 19.4. The first-order valence-corrected chi connectivity index (χ1v) is 10.1. The number of carbonyl (C=O) groups excluding carboxylic acids is 1. The summed E-state index contributed by atoms with van der Waals surface area (Å²) in [6, 6.07) is 0.948. The molecular formula is C21H25F6NO. The number of ketones is 1. The third-order valence-corrected chi connectivity index (χ3v) is 6.19. The fourth-order valence-electron chi connectivity index (χ4n) is 4.85. The second-order valence-corrected chi connectivity index (χ2v) is 8.04. The molecule has 1 aliphatic heterocycles. The normalized spacial score (nSPS) is 23.7. The molecule has 1 saturated carbocycles. The number of halogens is 6. The van der Waals surface area contributed by atoms with E-state index >= 15 is 0 Å². The number of carbonyl (C=O) groups is 1. The molecule has 2 atom stereocenters. The van der Waals surface area contributed by atoms with Crippen LogP contribution in [0.25, 0.3) is 0 Å². The van der Waals surface area contributed by atoms with Crippen LogP contribution in [0.5, 0.6) is 0 Å². The molecule has 0 N–H and O–H groups in total. The molecule has 0 unspecified atom stereocenters. The summed E-state index contributed by atoms with van der Waals surface area (Å²) < 4.78 is 80.1. The van der Waals surface area contributed by atoms with Crippen molar-refractivity contribution in [3.8, 4) is 0 Å². The minimum absolute atomic E-state index is 0.0475. The van der Waals surface area contributed by atoms with Gasteiger partial charge in [-0.25, -0.2) is 0 Å². The lowest BCUT2D eigenvalue weighted by atomic mass is 9.87. The fraction of sp³-hybridized carbons (Fsp3) is 0.667. The highest BCUT2D eigenvalue weighted by molar-refractivity contribution is 5.99. The Balaban J connectivity index is 1.94. The highest BCUT2D eigenvalue weighted by Gasteiger charge is 2.42. The third-order valence-electron chi connectivity index (χ3n) is 6.19. The number of alkyl halides is 6. The van der Waals surface area contributed by atoms with Crippen LogP contribution >= 0.6 is 0 Å². The molecule has 0 aromatic heterocycles. The molecular weight excluding hydrogens is 396 g/mol. The van der Waals surface area contributed by atoms with Crippen LogP contribution in [0.3, 0.4) is 0 Å². The van der Waals surface area contributed by atoms with Crippen molar-refractivity contribution in [2.75, 3.05) is 13.1 Å². The Morgan fingerprint density at radius 2 is 1.66 bits per heavy atom. The van der Waals surface area contributed by atoms with E-state index in [1.165, 1.54) is 6.92 Å². The van der Waals surface area contributed by atoms with Gasteiger partial charge >= 0.3 is 12.4 Å². The second kappa shape index (κ2) is 8.28. The van der Waals surface area contributed by atoms with Gasteiger partial charge < -0.3 is 4.90 Å². The average Bonchev–Trinajstić information content (AvgIpc) is 3.30. The van der Waals surface area contributed by atoms with Gasteiger partial charge in [0.1, 0.15) is 0 Å². The van der Waals surface area contributed by atoms with E-state index in [9.17, 15) is 31.1 Å². The minimum atomic E-state index is -5.03. The summed E-state index contributed by atoms with van der Waals surface area (Å²) in [4.78, 5) is 15.3. The number of hydrogen-bond acceptors (Lipinski definition) is 2. The van der Waals surface area contributed by atoms with Gasteiger partial charge in [0.15, 0.2) is 5.78 Å². The summed E-state index contributed by atoms with van der Waals surface area (Å²) in [5.41, 5.74) is -3.60. The summed E-state index contributed by atoms with van der Waals surface area (Å²) in [6.07, 6.45) is -5.32. The van der Waals surface area contributed by atoms with Gasteiger partial charge in [-0.15, -0.1) is 0 Å². The molecule has 1 heterocycles. The molecule has 0 bridgehead atoms.